The molecule has 0 heterocycles. The summed E-state index contributed by atoms with van der Waals surface area (Å²) in [5.41, 5.74) is 3.73. The molecule has 1 amide bonds. The van der Waals surface area contributed by atoms with Crippen LogP contribution in [0.4, 0.5) is 0 Å². The predicted octanol–water partition coefficient (Wildman–Crippen LogP) is 2.04. The van der Waals surface area contributed by atoms with Crippen LogP contribution in [0.15, 0.2) is 18.2 Å². The normalized spacial score (nSPS) is 18.3. The number of carbonyl (C=O) groups is 1. The van der Waals surface area contributed by atoms with Crippen molar-refractivity contribution in [3.8, 4) is 0 Å². The fraction of sp³-hybridized carbons (Fsp3) is 0.462. The topological polar surface area (TPSA) is 29.5 Å². The molecule has 0 radical (unpaired) electrons. The molecule has 0 spiro atoms. The summed E-state index contributed by atoms with van der Waals surface area (Å²) in [5.74, 6) is 0.0191. The molecule has 1 unspecified atom stereocenters. The Balaban J connectivity index is 2.27. The summed E-state index contributed by atoms with van der Waals surface area (Å²) in [6, 6.07) is 6.32. The number of aryl methyl sites for hydroxylation is 2. The average molecular weight is 219 g/mol. The van der Waals surface area contributed by atoms with E-state index in [2.05, 4.69) is 25.1 Å². The number of benzene rings is 1. The van der Waals surface area contributed by atoms with E-state index < -0.39 is 0 Å². The van der Waals surface area contributed by atoms with Crippen molar-refractivity contribution in [1.29, 1.82) is 0 Å². The van der Waals surface area contributed by atoms with Crippen LogP contribution in [0.3, 0.4) is 0 Å². The van der Waals surface area contributed by atoms with E-state index in [0.29, 0.717) is 0 Å². The Kier molecular flexibility index (Phi) is 2.97. The SMILES string of the molecule is CON(C)C(=O)C1CCc2cc(C)ccc21. The minimum absolute atomic E-state index is 0.0273. The second-order valence-corrected chi connectivity index (χ2v) is 4.31. The van der Waals surface area contributed by atoms with Crippen LogP contribution in [0.2, 0.25) is 0 Å². The molecule has 2 rings (SSSR count). The maximum atomic E-state index is 12.0. The van der Waals surface area contributed by atoms with Crippen molar-refractivity contribution in [3.63, 3.8) is 0 Å². The molecule has 1 aromatic carbocycles. The highest BCUT2D eigenvalue weighted by atomic mass is 16.7. The summed E-state index contributed by atoms with van der Waals surface area (Å²) >= 11 is 0. The van der Waals surface area contributed by atoms with E-state index in [0.717, 1.165) is 12.8 Å². The van der Waals surface area contributed by atoms with Gasteiger partial charge in [0.25, 0.3) is 5.91 Å². The first-order valence-corrected chi connectivity index (χ1v) is 5.54. The number of nitrogens with zero attached hydrogens (tertiary/aromatic N) is 1. The van der Waals surface area contributed by atoms with Gasteiger partial charge in [-0.1, -0.05) is 23.8 Å². The van der Waals surface area contributed by atoms with E-state index in [9.17, 15) is 4.79 Å². The van der Waals surface area contributed by atoms with Crippen LogP contribution in [0, 0.1) is 6.92 Å². The predicted molar refractivity (Wildman–Crippen MR) is 62.0 cm³/mol. The first-order chi connectivity index (χ1) is 7.63. The van der Waals surface area contributed by atoms with Crippen LogP contribution in [0.25, 0.3) is 0 Å². The molecule has 1 atom stereocenters. The number of rotatable bonds is 2. The van der Waals surface area contributed by atoms with E-state index in [1.54, 1.807) is 7.05 Å². The minimum atomic E-state index is -0.0273. The van der Waals surface area contributed by atoms with E-state index >= 15 is 0 Å². The minimum Gasteiger partial charge on any atom is -0.275 e. The van der Waals surface area contributed by atoms with Gasteiger partial charge in [0.05, 0.1) is 13.0 Å². The molecule has 0 fully saturated rings. The number of likely N-dealkylation sites (N-methyl/N-ethyl adjacent to an activating group) is 1. The van der Waals surface area contributed by atoms with Gasteiger partial charge in [-0.3, -0.25) is 9.63 Å². The van der Waals surface area contributed by atoms with Gasteiger partial charge in [0.1, 0.15) is 0 Å². The molecule has 1 aliphatic carbocycles. The Morgan fingerprint density at radius 3 is 2.94 bits per heavy atom. The van der Waals surface area contributed by atoms with Gasteiger partial charge < -0.3 is 0 Å². The zero-order chi connectivity index (χ0) is 11.7. The molecule has 0 bridgehead atoms. The number of hydroxylamine groups is 2. The molecule has 0 aliphatic heterocycles. The molecular formula is C13H17NO2. The van der Waals surface area contributed by atoms with Crippen LogP contribution < -0.4 is 0 Å². The van der Waals surface area contributed by atoms with Crippen LogP contribution >= 0.6 is 0 Å². The maximum Gasteiger partial charge on any atom is 0.253 e. The monoisotopic (exact) mass is 219 g/mol. The van der Waals surface area contributed by atoms with E-state index in [-0.39, 0.29) is 11.8 Å². The van der Waals surface area contributed by atoms with Crippen molar-refractivity contribution in [2.45, 2.75) is 25.7 Å². The summed E-state index contributed by atoms with van der Waals surface area (Å²) in [5, 5.41) is 1.32. The lowest BCUT2D eigenvalue weighted by atomic mass is 9.99. The average Bonchev–Trinajstić information content (AvgIpc) is 2.69. The van der Waals surface area contributed by atoms with Gasteiger partial charge >= 0.3 is 0 Å². The van der Waals surface area contributed by atoms with Crippen molar-refractivity contribution in [2.75, 3.05) is 14.2 Å². The number of fused-ring (bicyclic) bond motifs is 1. The van der Waals surface area contributed by atoms with Crippen molar-refractivity contribution < 1.29 is 9.63 Å². The third-order valence-electron chi connectivity index (χ3n) is 3.26. The molecule has 3 heteroatoms. The smallest absolute Gasteiger partial charge is 0.253 e. The van der Waals surface area contributed by atoms with Gasteiger partial charge in [-0.05, 0) is 30.9 Å². The van der Waals surface area contributed by atoms with Gasteiger partial charge in [-0.15, -0.1) is 0 Å². The van der Waals surface area contributed by atoms with Gasteiger partial charge in [-0.25, -0.2) is 5.06 Å². The molecule has 16 heavy (non-hydrogen) atoms. The summed E-state index contributed by atoms with van der Waals surface area (Å²) in [7, 11) is 3.18. The molecule has 0 saturated heterocycles. The highest BCUT2D eigenvalue weighted by Crippen LogP contribution is 2.34. The fourth-order valence-corrected chi connectivity index (χ4v) is 2.31. The van der Waals surface area contributed by atoms with Gasteiger partial charge in [0.15, 0.2) is 0 Å². The molecule has 0 saturated carbocycles. The van der Waals surface area contributed by atoms with Crippen molar-refractivity contribution in [3.05, 3.63) is 34.9 Å². The molecule has 1 aliphatic rings. The van der Waals surface area contributed by atoms with Crippen LogP contribution in [-0.2, 0) is 16.1 Å². The Morgan fingerprint density at radius 1 is 1.50 bits per heavy atom. The number of amides is 1. The van der Waals surface area contributed by atoms with E-state index in [1.807, 2.05) is 0 Å². The quantitative estimate of drug-likeness (QED) is 0.712. The van der Waals surface area contributed by atoms with Crippen LogP contribution in [-0.4, -0.2) is 25.1 Å². The lowest BCUT2D eigenvalue weighted by Crippen LogP contribution is -2.29. The molecule has 86 valence electrons. The Morgan fingerprint density at radius 2 is 2.25 bits per heavy atom. The number of hydrogen-bond donors (Lipinski definition) is 0. The van der Waals surface area contributed by atoms with Crippen LogP contribution in [0.5, 0.6) is 0 Å². The van der Waals surface area contributed by atoms with Crippen molar-refractivity contribution in [1.82, 2.24) is 5.06 Å². The maximum absolute atomic E-state index is 12.0. The lowest BCUT2D eigenvalue weighted by molar-refractivity contribution is -0.170. The van der Waals surface area contributed by atoms with E-state index in [4.69, 9.17) is 4.84 Å². The highest BCUT2D eigenvalue weighted by Gasteiger charge is 2.30. The molecule has 0 aromatic heterocycles. The third-order valence-corrected chi connectivity index (χ3v) is 3.26. The lowest BCUT2D eigenvalue weighted by Gasteiger charge is -2.18. The highest BCUT2D eigenvalue weighted by molar-refractivity contribution is 5.84. The first-order valence-electron chi connectivity index (χ1n) is 5.54. The zero-order valence-corrected chi connectivity index (χ0v) is 9.99. The Bertz CT molecular complexity index is 414. The number of carbonyl (C=O) groups excluding carboxylic acids is 1. The van der Waals surface area contributed by atoms with Gasteiger partial charge in [0, 0.05) is 7.05 Å². The van der Waals surface area contributed by atoms with Crippen molar-refractivity contribution >= 4 is 5.91 Å². The van der Waals surface area contributed by atoms with E-state index in [1.165, 1.54) is 28.9 Å². The Labute approximate surface area is 96.0 Å². The fourth-order valence-electron chi connectivity index (χ4n) is 2.31. The standard InChI is InChI=1S/C13H17NO2/c1-9-4-6-11-10(8-9)5-7-12(11)13(15)14(2)16-3/h4,6,8,12H,5,7H2,1-3H3. The summed E-state index contributed by atoms with van der Waals surface area (Å²) in [6.07, 6.45) is 1.89. The van der Waals surface area contributed by atoms with Gasteiger partial charge in [0.2, 0.25) is 0 Å². The molecule has 0 N–H and O–H groups in total. The summed E-state index contributed by atoms with van der Waals surface area (Å²) < 4.78 is 0. The second kappa shape index (κ2) is 4.26. The van der Waals surface area contributed by atoms with Crippen molar-refractivity contribution in [2.24, 2.45) is 0 Å². The summed E-state index contributed by atoms with van der Waals surface area (Å²) in [4.78, 5) is 17.0. The summed E-state index contributed by atoms with van der Waals surface area (Å²) in [6.45, 7) is 2.08. The molecule has 1 aromatic rings. The second-order valence-electron chi connectivity index (χ2n) is 4.31. The first kappa shape index (κ1) is 11.1. The van der Waals surface area contributed by atoms with Crippen LogP contribution in [0.1, 0.15) is 29.0 Å². The van der Waals surface area contributed by atoms with Gasteiger partial charge in [-0.2, -0.15) is 0 Å². The molecule has 3 nitrogen and oxygen atoms in total. The Hall–Kier alpha value is -1.35. The number of hydrogen-bond acceptors (Lipinski definition) is 2. The molecular weight excluding hydrogens is 202 g/mol. The third kappa shape index (κ3) is 1.83. The largest absolute Gasteiger partial charge is 0.275 e. The zero-order valence-electron chi connectivity index (χ0n) is 9.99.